The minimum absolute atomic E-state index is 0.00463. The number of piperidine rings is 1. The Morgan fingerprint density at radius 3 is 2.31 bits per heavy atom. The van der Waals surface area contributed by atoms with Crippen LogP contribution in [0.1, 0.15) is 111 Å². The summed E-state index contributed by atoms with van der Waals surface area (Å²) in [4.78, 5) is 40.4. The number of alkyl halides is 6. The molecule has 0 radical (unpaired) electrons. The van der Waals surface area contributed by atoms with E-state index >= 15 is 0 Å². The zero-order valence-corrected chi connectivity index (χ0v) is 26.8. The van der Waals surface area contributed by atoms with Crippen LogP contribution in [-0.4, -0.2) is 99.3 Å². The number of primary amides is 1. The number of nitrogens with zero attached hydrogens (tertiary/aromatic N) is 8. The van der Waals surface area contributed by atoms with E-state index in [2.05, 4.69) is 25.1 Å². The quantitative estimate of drug-likeness (QED) is 0.332. The van der Waals surface area contributed by atoms with E-state index in [1.54, 1.807) is 13.8 Å². The van der Waals surface area contributed by atoms with E-state index in [4.69, 9.17) is 10.5 Å². The summed E-state index contributed by atoms with van der Waals surface area (Å²) in [6.45, 7) is 2.25. The van der Waals surface area contributed by atoms with E-state index in [1.165, 1.54) is 26.5 Å². The van der Waals surface area contributed by atoms with E-state index in [0.717, 1.165) is 0 Å². The Balaban J connectivity index is 1.37. The number of halogens is 6. The number of aliphatic hydroxyl groups is 1. The van der Waals surface area contributed by atoms with Crippen LogP contribution in [0.15, 0.2) is 12.4 Å². The van der Waals surface area contributed by atoms with Crippen molar-refractivity contribution in [1.82, 2.24) is 39.2 Å². The van der Waals surface area contributed by atoms with Gasteiger partial charge >= 0.3 is 0 Å². The Kier molecular flexibility index (Phi) is 9.13. The van der Waals surface area contributed by atoms with Crippen molar-refractivity contribution in [2.45, 2.75) is 113 Å². The fourth-order valence-electron chi connectivity index (χ4n) is 6.94. The van der Waals surface area contributed by atoms with Gasteiger partial charge in [0.1, 0.15) is 18.3 Å². The second-order valence-electron chi connectivity index (χ2n) is 13.6. The third kappa shape index (κ3) is 6.95. The molecule has 4 atom stereocenters. The highest BCUT2D eigenvalue weighted by Crippen LogP contribution is 2.45. The van der Waals surface area contributed by atoms with Gasteiger partial charge in [-0.2, -0.15) is 10.2 Å². The maximum Gasteiger partial charge on any atom is 0.286 e. The van der Waals surface area contributed by atoms with Gasteiger partial charge in [-0.3, -0.25) is 9.59 Å². The number of imidazole rings is 1. The average Bonchev–Trinajstić information content (AvgIpc) is 3.66. The molecular formula is C30H37F6N9O4. The van der Waals surface area contributed by atoms with Gasteiger partial charge in [0, 0.05) is 38.3 Å². The summed E-state index contributed by atoms with van der Waals surface area (Å²) < 4.78 is 91.6. The summed E-state index contributed by atoms with van der Waals surface area (Å²) in [5.74, 6) is -8.66. The zero-order chi connectivity index (χ0) is 35.5. The monoisotopic (exact) mass is 701 g/mol. The van der Waals surface area contributed by atoms with E-state index in [0.29, 0.717) is 5.69 Å². The van der Waals surface area contributed by atoms with Crippen LogP contribution in [0.5, 0.6) is 0 Å². The van der Waals surface area contributed by atoms with Crippen LogP contribution in [0, 0.1) is 5.92 Å². The molecule has 5 heterocycles. The van der Waals surface area contributed by atoms with Gasteiger partial charge in [0.25, 0.3) is 29.9 Å². The molecule has 268 valence electrons. The molecule has 0 spiro atoms. The van der Waals surface area contributed by atoms with Crippen LogP contribution in [-0.2, 0) is 9.53 Å². The Hall–Kier alpha value is -3.87. The second kappa shape index (κ2) is 12.8. The lowest BCUT2D eigenvalue weighted by Gasteiger charge is -2.44. The van der Waals surface area contributed by atoms with Crippen molar-refractivity contribution in [2.75, 3.05) is 13.2 Å². The molecule has 13 nitrogen and oxygen atoms in total. The molecule has 49 heavy (non-hydrogen) atoms. The number of amides is 2. The third-order valence-electron chi connectivity index (χ3n) is 9.70. The third-order valence-corrected chi connectivity index (χ3v) is 9.70. The number of likely N-dealkylation sites (tertiary alicyclic amines) is 1. The van der Waals surface area contributed by atoms with Gasteiger partial charge in [-0.1, -0.05) is 0 Å². The van der Waals surface area contributed by atoms with Crippen molar-refractivity contribution in [1.29, 1.82) is 0 Å². The van der Waals surface area contributed by atoms with Gasteiger partial charge < -0.3 is 20.5 Å². The fourth-order valence-corrected chi connectivity index (χ4v) is 6.94. The van der Waals surface area contributed by atoms with E-state index in [1.807, 2.05) is 0 Å². The van der Waals surface area contributed by atoms with Crippen LogP contribution in [0.25, 0.3) is 5.78 Å². The summed E-state index contributed by atoms with van der Waals surface area (Å²) in [5.41, 5.74) is 3.39. The predicted molar refractivity (Wildman–Crippen MR) is 157 cm³/mol. The van der Waals surface area contributed by atoms with Crippen molar-refractivity contribution in [3.05, 3.63) is 35.4 Å². The summed E-state index contributed by atoms with van der Waals surface area (Å²) in [7, 11) is 0. The first kappa shape index (κ1) is 35.0. The Morgan fingerprint density at radius 1 is 1.02 bits per heavy atom. The van der Waals surface area contributed by atoms with Crippen molar-refractivity contribution >= 4 is 17.6 Å². The minimum Gasteiger partial charge on any atom is -0.384 e. The molecule has 0 aromatic carbocycles. The maximum absolute atomic E-state index is 14.2. The molecular weight excluding hydrogens is 664 g/mol. The van der Waals surface area contributed by atoms with Crippen LogP contribution in [0.2, 0.25) is 0 Å². The summed E-state index contributed by atoms with van der Waals surface area (Å²) in [6.07, 6.45) is -4.18. The van der Waals surface area contributed by atoms with Crippen molar-refractivity contribution in [3.8, 4) is 0 Å². The van der Waals surface area contributed by atoms with Crippen LogP contribution < -0.4 is 5.73 Å². The minimum atomic E-state index is -3.15. The number of ether oxygens (including phenoxy) is 1. The number of hydrogen-bond donors (Lipinski definition) is 2. The number of fused-ring (bicyclic) bond motifs is 1. The molecule has 3 aromatic rings. The largest absolute Gasteiger partial charge is 0.384 e. The molecule has 2 amide bonds. The first-order valence-electron chi connectivity index (χ1n) is 16.1. The molecule has 3 aliphatic rings. The summed E-state index contributed by atoms with van der Waals surface area (Å²) >= 11 is 0. The van der Waals surface area contributed by atoms with Gasteiger partial charge in [-0.25, -0.2) is 50.5 Å². The first-order valence-corrected chi connectivity index (χ1v) is 16.1. The van der Waals surface area contributed by atoms with Gasteiger partial charge in [0.05, 0.1) is 35.7 Å². The Labute approximate surface area is 276 Å². The molecule has 0 unspecified atom stereocenters. The van der Waals surface area contributed by atoms with Crippen LogP contribution in [0.3, 0.4) is 0 Å². The molecule has 1 saturated carbocycles. The molecule has 6 rings (SSSR count). The normalized spacial score (nSPS) is 26.8. The number of carbonyl (C=O) groups excluding carboxylic acids is 2. The van der Waals surface area contributed by atoms with Gasteiger partial charge in [-0.05, 0) is 45.4 Å². The molecule has 3 fully saturated rings. The van der Waals surface area contributed by atoms with Crippen LogP contribution >= 0.6 is 0 Å². The number of nitrogens with two attached hydrogens (primary N) is 1. The topological polar surface area (TPSA) is 167 Å². The van der Waals surface area contributed by atoms with Crippen molar-refractivity contribution in [2.24, 2.45) is 11.7 Å². The predicted octanol–water partition coefficient (Wildman–Crippen LogP) is 3.83. The number of aromatic nitrogens is 7. The molecule has 2 saturated heterocycles. The molecule has 1 aliphatic carbocycles. The SMILES string of the molecule is CC(C)n1nc([C@H](c2cn3ncc([C@H]4C[C@](O)(C(F)F)CCN4C(=O)[C@@H]4CCC(F)(F)CO4)nc3n2)C2CCC(F)(F)CC2)nc1C(N)=O. The zero-order valence-electron chi connectivity index (χ0n) is 26.8. The van der Waals surface area contributed by atoms with E-state index < -0.39 is 85.5 Å². The standard InChI is InChI=1S/C30H37F6N9O4/c1-15(2)45-24(22(37)46)41-23(42-45)21(16-3-6-29(33,34)7-4-16)18-13-44-27(40-18)39-17(12-38-44)19-11-28(48,26(31)32)9-10-43(19)25(47)20-5-8-30(35,36)14-49-20/h12-13,15-16,19-21,26,48H,3-11,14H2,1-2H3,(H2,37,46)/t19-,20+,21+,28+/m1/s1. The number of rotatable bonds is 8. The van der Waals surface area contributed by atoms with E-state index in [-0.39, 0.29) is 67.8 Å². The lowest BCUT2D eigenvalue weighted by molar-refractivity contribution is -0.182. The smallest absolute Gasteiger partial charge is 0.286 e. The van der Waals surface area contributed by atoms with Crippen molar-refractivity contribution in [3.63, 3.8) is 0 Å². The molecule has 19 heteroatoms. The molecule has 3 aromatic heterocycles. The highest BCUT2D eigenvalue weighted by molar-refractivity contribution is 5.89. The molecule has 3 N–H and O–H groups in total. The highest BCUT2D eigenvalue weighted by atomic mass is 19.3. The number of hydrogen-bond acceptors (Lipinski definition) is 9. The Morgan fingerprint density at radius 2 is 1.71 bits per heavy atom. The molecule has 0 bridgehead atoms. The lowest BCUT2D eigenvalue weighted by Crippen LogP contribution is -2.55. The van der Waals surface area contributed by atoms with Gasteiger partial charge in [0.15, 0.2) is 5.82 Å². The number of carbonyl (C=O) groups is 2. The summed E-state index contributed by atoms with van der Waals surface area (Å²) in [5, 5.41) is 19.6. The molecule has 2 aliphatic heterocycles. The Bertz CT molecular complexity index is 1700. The van der Waals surface area contributed by atoms with Gasteiger partial charge in [0.2, 0.25) is 11.7 Å². The fraction of sp³-hybridized carbons (Fsp3) is 0.700. The van der Waals surface area contributed by atoms with Crippen LogP contribution in [0.4, 0.5) is 26.3 Å². The van der Waals surface area contributed by atoms with E-state index in [9.17, 15) is 41.0 Å². The average molecular weight is 702 g/mol. The first-order chi connectivity index (χ1) is 23.0. The van der Waals surface area contributed by atoms with Crippen molar-refractivity contribution < 1.29 is 45.8 Å². The second-order valence-corrected chi connectivity index (χ2v) is 13.6. The highest BCUT2D eigenvalue weighted by Gasteiger charge is 2.49. The maximum atomic E-state index is 14.2. The van der Waals surface area contributed by atoms with Gasteiger partial charge in [-0.15, -0.1) is 0 Å². The summed E-state index contributed by atoms with van der Waals surface area (Å²) in [6, 6.07) is -1.54. The lowest BCUT2D eigenvalue weighted by atomic mass is 9.77.